The molecule has 32 heavy (non-hydrogen) atoms. The maximum Gasteiger partial charge on any atom is 2.00 e. The molecular formula is C28H53NP2Ru+2. The zero-order valence-corrected chi connectivity index (χ0v) is 24.6. The Morgan fingerprint density at radius 2 is 0.656 bits per heavy atom. The van der Waals surface area contributed by atoms with Crippen LogP contribution in [-0.4, -0.2) is 48.0 Å². The summed E-state index contributed by atoms with van der Waals surface area (Å²) < 4.78 is 0. The fourth-order valence-electron chi connectivity index (χ4n) is 7.52. The van der Waals surface area contributed by atoms with Gasteiger partial charge in [-0.05, 0) is 99.4 Å². The van der Waals surface area contributed by atoms with Gasteiger partial charge in [-0.1, -0.05) is 92.9 Å². The van der Waals surface area contributed by atoms with Gasteiger partial charge in [0.25, 0.3) is 0 Å². The number of rotatable bonds is 10. The summed E-state index contributed by atoms with van der Waals surface area (Å²) in [5.74, 6) is 0. The molecule has 0 atom stereocenters. The number of nitrogens with one attached hydrogen (secondary N) is 1. The second kappa shape index (κ2) is 16.2. The molecule has 0 aromatic rings. The first-order chi connectivity index (χ1) is 15.4. The van der Waals surface area contributed by atoms with Gasteiger partial charge >= 0.3 is 19.5 Å². The van der Waals surface area contributed by atoms with E-state index in [-0.39, 0.29) is 35.3 Å². The fourth-order valence-corrected chi connectivity index (χ4v) is 15.1. The molecule has 0 bridgehead atoms. The molecule has 0 radical (unpaired) electrons. The van der Waals surface area contributed by atoms with Crippen LogP contribution in [0.15, 0.2) is 0 Å². The Morgan fingerprint density at radius 1 is 0.406 bits per heavy atom. The third kappa shape index (κ3) is 8.83. The van der Waals surface area contributed by atoms with Gasteiger partial charge in [-0.2, -0.15) is 0 Å². The molecule has 4 heteroatoms. The summed E-state index contributed by atoms with van der Waals surface area (Å²) in [5.41, 5.74) is 4.54. The van der Waals surface area contributed by atoms with E-state index in [1.807, 2.05) is 0 Å². The molecule has 4 rings (SSSR count). The summed E-state index contributed by atoms with van der Waals surface area (Å²) in [4.78, 5) is 0. The largest absolute Gasteiger partial charge is 2.00 e. The van der Waals surface area contributed by atoms with E-state index < -0.39 is 0 Å². The summed E-state index contributed by atoms with van der Waals surface area (Å²) in [6, 6.07) is 0. The predicted octanol–water partition coefficient (Wildman–Crippen LogP) is 8.87. The smallest absolute Gasteiger partial charge is 0.316 e. The standard InChI is InChI=1S/C28H53NP2.Ru/c1-5-13-25(14-6-1)30(26-15-7-2-8-16-26)23-21-29-22-24-31(27-17-9-3-10-18-27)28-19-11-4-12-20-28;/h25-29H,1-24H2;/q;+2. The van der Waals surface area contributed by atoms with Crippen LogP contribution in [0.3, 0.4) is 0 Å². The van der Waals surface area contributed by atoms with Crippen molar-refractivity contribution in [3.63, 3.8) is 0 Å². The summed E-state index contributed by atoms with van der Waals surface area (Å²) in [7, 11) is 0.579. The third-order valence-electron chi connectivity index (χ3n) is 9.27. The fraction of sp³-hybridized carbons (Fsp3) is 1.00. The van der Waals surface area contributed by atoms with Crippen molar-refractivity contribution in [2.24, 2.45) is 0 Å². The zero-order chi connectivity index (χ0) is 21.1. The Kier molecular flexibility index (Phi) is 14.2. The van der Waals surface area contributed by atoms with Gasteiger partial charge in [-0.15, -0.1) is 0 Å². The van der Waals surface area contributed by atoms with E-state index >= 15 is 0 Å². The third-order valence-corrected chi connectivity index (χ3v) is 16.6. The molecule has 0 spiro atoms. The molecule has 4 saturated carbocycles. The minimum Gasteiger partial charge on any atom is -0.316 e. The predicted molar refractivity (Wildman–Crippen MR) is 144 cm³/mol. The Balaban J connectivity index is 0.00000289. The first kappa shape index (κ1) is 28.0. The number of hydrogen-bond donors (Lipinski definition) is 1. The normalized spacial score (nSPS) is 25.3. The van der Waals surface area contributed by atoms with Crippen LogP contribution < -0.4 is 5.32 Å². The van der Waals surface area contributed by atoms with Crippen molar-refractivity contribution in [2.75, 3.05) is 25.4 Å². The van der Waals surface area contributed by atoms with Crippen LogP contribution >= 0.6 is 15.8 Å². The topological polar surface area (TPSA) is 12.0 Å². The van der Waals surface area contributed by atoms with Crippen molar-refractivity contribution >= 4 is 15.8 Å². The summed E-state index contributed by atoms with van der Waals surface area (Å²) in [6.07, 6.45) is 34.1. The van der Waals surface area contributed by atoms with Gasteiger partial charge in [0.05, 0.1) is 0 Å². The Bertz CT molecular complexity index is 388. The monoisotopic (exact) mass is 567 g/mol. The van der Waals surface area contributed by atoms with Crippen LogP contribution in [0.5, 0.6) is 0 Å². The van der Waals surface area contributed by atoms with Crippen molar-refractivity contribution in [3.05, 3.63) is 0 Å². The van der Waals surface area contributed by atoms with E-state index in [4.69, 9.17) is 0 Å². The Morgan fingerprint density at radius 3 is 0.906 bits per heavy atom. The Labute approximate surface area is 216 Å². The second-order valence-electron chi connectivity index (χ2n) is 11.4. The molecule has 1 nitrogen and oxygen atoms in total. The minimum absolute atomic E-state index is 0. The van der Waals surface area contributed by atoms with Crippen molar-refractivity contribution in [1.29, 1.82) is 0 Å². The zero-order valence-electron chi connectivity index (χ0n) is 21.0. The van der Waals surface area contributed by atoms with Gasteiger partial charge in [-0.25, -0.2) is 0 Å². The maximum absolute atomic E-state index is 4.04. The average molecular weight is 567 g/mol. The van der Waals surface area contributed by atoms with E-state index in [1.165, 1.54) is 90.1 Å². The van der Waals surface area contributed by atoms with Crippen LogP contribution in [0, 0.1) is 0 Å². The molecule has 186 valence electrons. The molecule has 4 aliphatic rings. The van der Waals surface area contributed by atoms with E-state index in [2.05, 4.69) is 5.32 Å². The van der Waals surface area contributed by atoms with E-state index in [0.29, 0.717) is 0 Å². The quantitative estimate of drug-likeness (QED) is 0.158. The Hall–Kier alpha value is 1.44. The van der Waals surface area contributed by atoms with Crippen molar-refractivity contribution < 1.29 is 19.5 Å². The van der Waals surface area contributed by atoms with Gasteiger partial charge in [0.2, 0.25) is 0 Å². The molecule has 4 fully saturated rings. The number of hydrogen-bond acceptors (Lipinski definition) is 1. The van der Waals surface area contributed by atoms with E-state index in [1.54, 1.807) is 63.7 Å². The molecule has 0 aromatic heterocycles. The van der Waals surface area contributed by atoms with Crippen LogP contribution in [0.4, 0.5) is 0 Å². The summed E-state index contributed by atoms with van der Waals surface area (Å²) >= 11 is 0. The van der Waals surface area contributed by atoms with Crippen LogP contribution in [0.25, 0.3) is 0 Å². The van der Waals surface area contributed by atoms with Crippen LogP contribution in [-0.2, 0) is 19.5 Å². The first-order valence-corrected chi connectivity index (χ1v) is 18.0. The molecule has 0 aliphatic heterocycles. The van der Waals surface area contributed by atoms with Gasteiger partial charge in [-0.3, -0.25) is 0 Å². The molecule has 0 saturated heterocycles. The molecule has 0 amide bonds. The average Bonchev–Trinajstić information content (AvgIpc) is 2.86. The summed E-state index contributed by atoms with van der Waals surface area (Å²) in [6.45, 7) is 2.69. The molecule has 0 heterocycles. The second-order valence-corrected chi connectivity index (χ2v) is 17.3. The molecule has 0 aromatic carbocycles. The van der Waals surface area contributed by atoms with Gasteiger partial charge < -0.3 is 5.32 Å². The van der Waals surface area contributed by atoms with Gasteiger partial charge in [0.1, 0.15) is 0 Å². The molecule has 4 aliphatic carbocycles. The first-order valence-electron chi connectivity index (χ1n) is 14.6. The van der Waals surface area contributed by atoms with Gasteiger partial charge in [0.15, 0.2) is 0 Å². The maximum atomic E-state index is 4.04. The van der Waals surface area contributed by atoms with Crippen LogP contribution in [0.1, 0.15) is 128 Å². The van der Waals surface area contributed by atoms with Crippen molar-refractivity contribution in [2.45, 2.75) is 151 Å². The summed E-state index contributed by atoms with van der Waals surface area (Å²) in [5, 5.41) is 4.04. The minimum atomic E-state index is 0. The van der Waals surface area contributed by atoms with Crippen molar-refractivity contribution in [3.8, 4) is 0 Å². The van der Waals surface area contributed by atoms with Gasteiger partial charge in [0, 0.05) is 0 Å². The molecule has 0 unspecified atom stereocenters. The molecule has 1 N–H and O–H groups in total. The molecular weight excluding hydrogens is 513 g/mol. The van der Waals surface area contributed by atoms with E-state index in [9.17, 15) is 0 Å². The van der Waals surface area contributed by atoms with Crippen LogP contribution in [0.2, 0.25) is 0 Å². The van der Waals surface area contributed by atoms with Crippen molar-refractivity contribution in [1.82, 2.24) is 5.32 Å². The SMILES string of the molecule is C1CCC(P(CCNCCP(C2CCCCC2)C2CCCCC2)C2CCCCC2)CC1.[Ru+2]. The van der Waals surface area contributed by atoms with E-state index in [0.717, 1.165) is 22.6 Å².